The summed E-state index contributed by atoms with van der Waals surface area (Å²) in [6.07, 6.45) is 0.550. The monoisotopic (exact) mass is 344 g/mol. The molecule has 25 heavy (non-hydrogen) atoms. The minimum Gasteiger partial charge on any atom is -0.344 e. The highest BCUT2D eigenvalue weighted by atomic mass is 19.1. The molecular weight excluding hydrogens is 326 g/mol. The van der Waals surface area contributed by atoms with Gasteiger partial charge in [-0.15, -0.1) is 0 Å². The minimum absolute atomic E-state index is 0.0273. The van der Waals surface area contributed by atoms with Gasteiger partial charge in [0.05, 0.1) is 6.42 Å². The van der Waals surface area contributed by atoms with Gasteiger partial charge in [-0.2, -0.15) is 0 Å². The van der Waals surface area contributed by atoms with Gasteiger partial charge in [0, 0.05) is 13.1 Å². The molecule has 0 spiro atoms. The van der Waals surface area contributed by atoms with Crippen LogP contribution in [-0.2, 0) is 22.6 Å². The van der Waals surface area contributed by atoms with Gasteiger partial charge < -0.3 is 10.2 Å². The summed E-state index contributed by atoms with van der Waals surface area (Å²) in [5, 5.41) is 2.71. The van der Waals surface area contributed by atoms with Gasteiger partial charge >= 0.3 is 0 Å². The first kappa shape index (κ1) is 17.1. The third-order valence-corrected chi connectivity index (χ3v) is 4.17. The van der Waals surface area contributed by atoms with E-state index in [1.807, 2.05) is 0 Å². The molecule has 1 N–H and O–H groups in total. The average molecular weight is 344 g/mol. The third kappa shape index (κ3) is 4.41. The highest BCUT2D eigenvalue weighted by Gasteiger charge is 2.32. The molecule has 2 aromatic carbocycles. The molecule has 1 heterocycles. The number of amides is 2. The maximum Gasteiger partial charge on any atom is 0.245 e. The summed E-state index contributed by atoms with van der Waals surface area (Å²) in [7, 11) is 0. The van der Waals surface area contributed by atoms with E-state index in [2.05, 4.69) is 5.32 Å². The molecule has 0 bridgehead atoms. The zero-order valence-corrected chi connectivity index (χ0v) is 13.5. The Morgan fingerprint density at radius 2 is 1.84 bits per heavy atom. The number of carbonyl (C=O) groups is 2. The van der Waals surface area contributed by atoms with Crippen LogP contribution in [0.3, 0.4) is 0 Å². The number of nitrogens with zero attached hydrogens (tertiary/aromatic N) is 1. The zero-order valence-electron chi connectivity index (χ0n) is 13.5. The second-order valence-electron chi connectivity index (χ2n) is 6.10. The Hall–Kier alpha value is -2.76. The van der Waals surface area contributed by atoms with Gasteiger partial charge in [0.1, 0.15) is 17.7 Å². The highest BCUT2D eigenvalue weighted by Crippen LogP contribution is 2.16. The van der Waals surface area contributed by atoms with Crippen LogP contribution in [-0.4, -0.2) is 29.3 Å². The van der Waals surface area contributed by atoms with Crippen molar-refractivity contribution >= 4 is 11.8 Å². The molecule has 130 valence electrons. The normalized spacial score (nSPS) is 17.0. The van der Waals surface area contributed by atoms with Crippen LogP contribution in [0.1, 0.15) is 17.5 Å². The SMILES string of the molecule is O=C(Cc1cccc(F)c1)N[C@H]1CCN(Cc2ccc(F)cc2)C1=O. The number of hydrogen-bond donors (Lipinski definition) is 1. The van der Waals surface area contributed by atoms with E-state index < -0.39 is 11.9 Å². The van der Waals surface area contributed by atoms with E-state index in [1.54, 1.807) is 29.2 Å². The highest BCUT2D eigenvalue weighted by molar-refractivity contribution is 5.89. The van der Waals surface area contributed by atoms with Gasteiger partial charge in [0.25, 0.3) is 0 Å². The molecule has 2 amide bonds. The van der Waals surface area contributed by atoms with Gasteiger partial charge in [-0.1, -0.05) is 24.3 Å². The molecule has 0 unspecified atom stereocenters. The smallest absolute Gasteiger partial charge is 0.245 e. The van der Waals surface area contributed by atoms with Crippen LogP contribution in [0, 0.1) is 11.6 Å². The van der Waals surface area contributed by atoms with Crippen LogP contribution in [0.25, 0.3) is 0 Å². The van der Waals surface area contributed by atoms with Crippen molar-refractivity contribution in [3.8, 4) is 0 Å². The van der Waals surface area contributed by atoms with Crippen LogP contribution in [0.4, 0.5) is 8.78 Å². The van der Waals surface area contributed by atoms with Gasteiger partial charge in [-0.05, 0) is 41.8 Å². The van der Waals surface area contributed by atoms with Crippen molar-refractivity contribution < 1.29 is 18.4 Å². The first-order chi connectivity index (χ1) is 12.0. The van der Waals surface area contributed by atoms with Crippen LogP contribution in [0.15, 0.2) is 48.5 Å². The summed E-state index contributed by atoms with van der Waals surface area (Å²) in [6.45, 7) is 0.913. The number of rotatable bonds is 5. The summed E-state index contributed by atoms with van der Waals surface area (Å²) in [5.74, 6) is -1.18. The molecule has 1 aliphatic heterocycles. The van der Waals surface area contributed by atoms with E-state index in [0.29, 0.717) is 25.1 Å². The Balaban J connectivity index is 1.54. The number of benzene rings is 2. The van der Waals surface area contributed by atoms with E-state index in [0.717, 1.165) is 5.56 Å². The largest absolute Gasteiger partial charge is 0.344 e. The molecular formula is C19H18F2N2O2. The molecule has 1 fully saturated rings. The predicted octanol–water partition coefficient (Wildman–Crippen LogP) is 2.42. The molecule has 0 aromatic heterocycles. The van der Waals surface area contributed by atoms with Crippen LogP contribution >= 0.6 is 0 Å². The fraction of sp³-hybridized carbons (Fsp3) is 0.263. The standard InChI is InChI=1S/C19H18F2N2O2/c20-15-6-4-13(5-7-15)12-23-9-8-17(19(23)25)22-18(24)11-14-2-1-3-16(21)10-14/h1-7,10,17H,8-9,11-12H2,(H,22,24)/t17-/m0/s1. The van der Waals surface area contributed by atoms with Gasteiger partial charge in [0.2, 0.25) is 11.8 Å². The molecule has 1 atom stereocenters. The lowest BCUT2D eigenvalue weighted by Crippen LogP contribution is -2.41. The van der Waals surface area contributed by atoms with E-state index in [-0.39, 0.29) is 24.1 Å². The Morgan fingerprint density at radius 3 is 2.56 bits per heavy atom. The molecule has 2 aromatic rings. The summed E-state index contributed by atoms with van der Waals surface area (Å²) < 4.78 is 26.1. The molecule has 0 saturated carbocycles. The summed E-state index contributed by atoms with van der Waals surface area (Å²) in [4.78, 5) is 26.1. The first-order valence-corrected chi connectivity index (χ1v) is 8.08. The van der Waals surface area contributed by atoms with E-state index in [9.17, 15) is 18.4 Å². The lowest BCUT2D eigenvalue weighted by molar-refractivity contribution is -0.132. The second kappa shape index (κ2) is 7.42. The fourth-order valence-electron chi connectivity index (χ4n) is 2.92. The number of nitrogens with one attached hydrogen (secondary N) is 1. The van der Waals surface area contributed by atoms with Crippen molar-refractivity contribution in [3.63, 3.8) is 0 Å². The lowest BCUT2D eigenvalue weighted by atomic mass is 10.1. The summed E-state index contributed by atoms with van der Waals surface area (Å²) in [6, 6.07) is 11.2. The van der Waals surface area contributed by atoms with Gasteiger partial charge in [-0.25, -0.2) is 8.78 Å². The molecule has 3 rings (SSSR count). The van der Waals surface area contributed by atoms with Crippen molar-refractivity contribution in [2.24, 2.45) is 0 Å². The number of carbonyl (C=O) groups excluding carboxylic acids is 2. The predicted molar refractivity (Wildman–Crippen MR) is 88.5 cm³/mol. The van der Waals surface area contributed by atoms with Crippen molar-refractivity contribution in [2.75, 3.05) is 6.54 Å². The van der Waals surface area contributed by atoms with E-state index in [1.165, 1.54) is 24.3 Å². The Morgan fingerprint density at radius 1 is 1.08 bits per heavy atom. The van der Waals surface area contributed by atoms with Crippen LogP contribution in [0.5, 0.6) is 0 Å². The maximum absolute atomic E-state index is 13.2. The first-order valence-electron chi connectivity index (χ1n) is 8.08. The van der Waals surface area contributed by atoms with Crippen LogP contribution < -0.4 is 5.32 Å². The van der Waals surface area contributed by atoms with Crippen molar-refractivity contribution in [3.05, 3.63) is 71.3 Å². The molecule has 0 aliphatic carbocycles. The molecule has 1 saturated heterocycles. The number of likely N-dealkylation sites (tertiary alicyclic amines) is 1. The Kier molecular flexibility index (Phi) is 5.07. The molecule has 4 nitrogen and oxygen atoms in total. The van der Waals surface area contributed by atoms with Crippen molar-refractivity contribution in [1.82, 2.24) is 10.2 Å². The van der Waals surface area contributed by atoms with Gasteiger partial charge in [0.15, 0.2) is 0 Å². The van der Waals surface area contributed by atoms with Crippen LogP contribution in [0.2, 0.25) is 0 Å². The van der Waals surface area contributed by atoms with Crippen molar-refractivity contribution in [2.45, 2.75) is 25.4 Å². The number of halogens is 2. The Bertz CT molecular complexity index is 777. The number of hydrogen-bond acceptors (Lipinski definition) is 2. The van der Waals surface area contributed by atoms with E-state index >= 15 is 0 Å². The average Bonchev–Trinajstić information content (AvgIpc) is 2.90. The second-order valence-corrected chi connectivity index (χ2v) is 6.10. The topological polar surface area (TPSA) is 49.4 Å². The fourth-order valence-corrected chi connectivity index (χ4v) is 2.92. The molecule has 0 radical (unpaired) electrons. The van der Waals surface area contributed by atoms with Gasteiger partial charge in [-0.3, -0.25) is 9.59 Å². The van der Waals surface area contributed by atoms with Crippen molar-refractivity contribution in [1.29, 1.82) is 0 Å². The minimum atomic E-state index is -0.568. The quantitative estimate of drug-likeness (QED) is 0.906. The summed E-state index contributed by atoms with van der Waals surface area (Å²) in [5.41, 5.74) is 1.40. The summed E-state index contributed by atoms with van der Waals surface area (Å²) >= 11 is 0. The Labute approximate surface area is 144 Å². The molecule has 6 heteroatoms. The van der Waals surface area contributed by atoms with E-state index in [4.69, 9.17) is 0 Å². The maximum atomic E-state index is 13.2. The third-order valence-electron chi connectivity index (χ3n) is 4.17. The zero-order chi connectivity index (χ0) is 17.8. The lowest BCUT2D eigenvalue weighted by Gasteiger charge is -2.17. The molecule has 1 aliphatic rings.